The van der Waals surface area contributed by atoms with E-state index >= 15 is 0 Å². The number of aromatic nitrogens is 3. The number of rotatable bonds is 3. The Morgan fingerprint density at radius 3 is 3.08 bits per heavy atom. The van der Waals surface area contributed by atoms with E-state index in [2.05, 4.69) is 40.9 Å². The van der Waals surface area contributed by atoms with Crippen molar-refractivity contribution in [3.63, 3.8) is 0 Å². The Balaban J connectivity index is 1.71. The summed E-state index contributed by atoms with van der Waals surface area (Å²) in [7, 11) is 1.92. The van der Waals surface area contributed by atoms with E-state index in [1.54, 1.807) is 0 Å². The summed E-state index contributed by atoms with van der Waals surface area (Å²) < 4.78 is 1.81. The first-order valence-electron chi connectivity index (χ1n) is 8.67. The topological polar surface area (TPSA) is 53.9 Å². The van der Waals surface area contributed by atoms with E-state index in [1.165, 1.54) is 17.0 Å². The normalized spacial score (nSPS) is 17.8. The highest BCUT2D eigenvalue weighted by atomic mass is 16.2. The Morgan fingerprint density at radius 2 is 2.32 bits per heavy atom. The molecule has 4 rings (SSSR count). The standard InChI is InChI=1S/C20H22N4O/c1-3-20(25)24-9-5-6-14(13-24)16-7-4-8-18-17(16)10-19(22-18)15-11-21-23(2)12-15/h3-4,7-8,10-12,14,22H,1,5-6,9,13H2,2H3. The zero-order chi connectivity index (χ0) is 17.4. The van der Waals surface area contributed by atoms with Crippen molar-refractivity contribution in [3.05, 3.63) is 54.9 Å². The van der Waals surface area contributed by atoms with Crippen LogP contribution in [-0.4, -0.2) is 38.7 Å². The van der Waals surface area contributed by atoms with E-state index in [0.29, 0.717) is 5.92 Å². The van der Waals surface area contributed by atoms with Crippen LogP contribution in [-0.2, 0) is 11.8 Å². The van der Waals surface area contributed by atoms with Crippen LogP contribution < -0.4 is 0 Å². The third-order valence-electron chi connectivity index (χ3n) is 5.06. The van der Waals surface area contributed by atoms with Crippen LogP contribution in [0.3, 0.4) is 0 Å². The highest BCUT2D eigenvalue weighted by Crippen LogP contribution is 2.34. The van der Waals surface area contributed by atoms with Gasteiger partial charge in [0.2, 0.25) is 5.91 Å². The predicted molar refractivity (Wildman–Crippen MR) is 99.3 cm³/mol. The maximum atomic E-state index is 12.0. The summed E-state index contributed by atoms with van der Waals surface area (Å²) in [5.41, 5.74) is 4.59. The molecule has 1 aliphatic rings. The van der Waals surface area contributed by atoms with Crippen LogP contribution in [0.4, 0.5) is 0 Å². The molecule has 0 aliphatic carbocycles. The van der Waals surface area contributed by atoms with Gasteiger partial charge in [0.15, 0.2) is 0 Å². The lowest BCUT2D eigenvalue weighted by atomic mass is 9.88. The van der Waals surface area contributed by atoms with Crippen LogP contribution in [0.15, 0.2) is 49.3 Å². The number of amides is 1. The monoisotopic (exact) mass is 334 g/mol. The van der Waals surface area contributed by atoms with Crippen LogP contribution in [0.2, 0.25) is 0 Å². The van der Waals surface area contributed by atoms with Gasteiger partial charge in [-0.3, -0.25) is 9.48 Å². The number of nitrogens with one attached hydrogen (secondary N) is 1. The summed E-state index contributed by atoms with van der Waals surface area (Å²) in [6, 6.07) is 8.59. The van der Waals surface area contributed by atoms with Crippen LogP contribution in [0.25, 0.3) is 22.2 Å². The van der Waals surface area contributed by atoms with Crippen LogP contribution >= 0.6 is 0 Å². The molecule has 1 atom stereocenters. The quantitative estimate of drug-likeness (QED) is 0.746. The molecule has 2 aromatic heterocycles. The molecule has 3 heterocycles. The number of carbonyl (C=O) groups is 1. The van der Waals surface area contributed by atoms with Crippen molar-refractivity contribution >= 4 is 16.8 Å². The number of piperidine rings is 1. The van der Waals surface area contributed by atoms with Crippen molar-refractivity contribution in [2.75, 3.05) is 13.1 Å². The van der Waals surface area contributed by atoms with Crippen LogP contribution in [0.5, 0.6) is 0 Å². The van der Waals surface area contributed by atoms with E-state index < -0.39 is 0 Å². The highest BCUT2D eigenvalue weighted by Gasteiger charge is 2.25. The predicted octanol–water partition coefficient (Wildman–Crippen LogP) is 3.46. The third-order valence-corrected chi connectivity index (χ3v) is 5.06. The van der Waals surface area contributed by atoms with E-state index in [9.17, 15) is 4.79 Å². The van der Waals surface area contributed by atoms with Crippen molar-refractivity contribution in [3.8, 4) is 11.3 Å². The summed E-state index contributed by atoms with van der Waals surface area (Å²) in [6.07, 6.45) is 7.43. The molecule has 0 bridgehead atoms. The largest absolute Gasteiger partial charge is 0.354 e. The first kappa shape index (κ1) is 15.7. The van der Waals surface area contributed by atoms with E-state index in [1.807, 2.05) is 29.0 Å². The highest BCUT2D eigenvalue weighted by molar-refractivity contribution is 5.89. The smallest absolute Gasteiger partial charge is 0.245 e. The fourth-order valence-electron chi connectivity index (χ4n) is 3.81. The Kier molecular flexibility index (Phi) is 3.92. The minimum Gasteiger partial charge on any atom is -0.354 e. The molecule has 1 amide bonds. The molecule has 0 radical (unpaired) electrons. The molecule has 1 fully saturated rings. The minimum atomic E-state index is 0.0296. The molecule has 3 aromatic rings. The molecule has 1 saturated heterocycles. The van der Waals surface area contributed by atoms with Gasteiger partial charge >= 0.3 is 0 Å². The molecule has 128 valence electrons. The van der Waals surface area contributed by atoms with Gasteiger partial charge < -0.3 is 9.88 Å². The fourth-order valence-corrected chi connectivity index (χ4v) is 3.81. The van der Waals surface area contributed by atoms with Gasteiger partial charge in [-0.25, -0.2) is 0 Å². The lowest BCUT2D eigenvalue weighted by Crippen LogP contribution is -2.38. The average Bonchev–Trinajstić information content (AvgIpc) is 3.26. The Morgan fingerprint density at radius 1 is 1.44 bits per heavy atom. The van der Waals surface area contributed by atoms with Crippen molar-refractivity contribution < 1.29 is 4.79 Å². The van der Waals surface area contributed by atoms with E-state index in [4.69, 9.17) is 0 Å². The average molecular weight is 334 g/mol. The summed E-state index contributed by atoms with van der Waals surface area (Å²) >= 11 is 0. The van der Waals surface area contributed by atoms with Gasteiger partial charge in [-0.1, -0.05) is 18.7 Å². The van der Waals surface area contributed by atoms with Gasteiger partial charge in [0.25, 0.3) is 0 Å². The van der Waals surface area contributed by atoms with Crippen LogP contribution in [0.1, 0.15) is 24.3 Å². The first-order valence-corrected chi connectivity index (χ1v) is 8.67. The lowest BCUT2D eigenvalue weighted by molar-refractivity contribution is -0.127. The zero-order valence-corrected chi connectivity index (χ0v) is 14.4. The number of H-pyrrole nitrogens is 1. The third kappa shape index (κ3) is 2.86. The molecule has 0 saturated carbocycles. The van der Waals surface area contributed by atoms with Gasteiger partial charge in [-0.05, 0) is 36.6 Å². The Hall–Kier alpha value is -2.82. The zero-order valence-electron chi connectivity index (χ0n) is 14.4. The second kappa shape index (κ2) is 6.24. The number of aryl methyl sites for hydroxylation is 1. The maximum Gasteiger partial charge on any atom is 0.245 e. The van der Waals surface area contributed by atoms with Crippen molar-refractivity contribution in [2.45, 2.75) is 18.8 Å². The molecular formula is C20H22N4O. The van der Waals surface area contributed by atoms with Gasteiger partial charge in [0.1, 0.15) is 0 Å². The number of aromatic amines is 1. The van der Waals surface area contributed by atoms with Crippen molar-refractivity contribution in [1.82, 2.24) is 19.7 Å². The Labute approximate surface area is 146 Å². The van der Waals surface area contributed by atoms with Crippen LogP contribution in [0, 0.1) is 0 Å². The number of fused-ring (bicyclic) bond motifs is 1. The molecule has 1 aliphatic heterocycles. The Bertz CT molecular complexity index is 936. The molecular weight excluding hydrogens is 312 g/mol. The van der Waals surface area contributed by atoms with E-state index in [0.717, 1.165) is 42.7 Å². The SMILES string of the molecule is C=CC(=O)N1CCCC(c2cccc3[nH]c(-c4cnn(C)c4)cc23)C1. The number of nitrogens with zero attached hydrogens (tertiary/aromatic N) is 3. The number of hydrogen-bond donors (Lipinski definition) is 1. The summed E-state index contributed by atoms with van der Waals surface area (Å²) in [5.74, 6) is 0.390. The minimum absolute atomic E-state index is 0.0296. The number of likely N-dealkylation sites (tertiary alicyclic amines) is 1. The number of hydrogen-bond acceptors (Lipinski definition) is 2. The second-order valence-electron chi connectivity index (χ2n) is 6.72. The van der Waals surface area contributed by atoms with Crippen molar-refractivity contribution in [1.29, 1.82) is 0 Å². The lowest BCUT2D eigenvalue weighted by Gasteiger charge is -2.32. The summed E-state index contributed by atoms with van der Waals surface area (Å²) in [4.78, 5) is 17.4. The van der Waals surface area contributed by atoms with Gasteiger partial charge in [-0.15, -0.1) is 0 Å². The summed E-state index contributed by atoms with van der Waals surface area (Å²) in [5, 5.41) is 5.49. The molecule has 1 aromatic carbocycles. The first-order chi connectivity index (χ1) is 12.2. The number of carbonyl (C=O) groups excluding carboxylic acids is 1. The molecule has 5 nitrogen and oxygen atoms in total. The van der Waals surface area contributed by atoms with E-state index in [-0.39, 0.29) is 5.91 Å². The maximum absolute atomic E-state index is 12.0. The fraction of sp³-hybridized carbons (Fsp3) is 0.300. The molecule has 1 unspecified atom stereocenters. The molecule has 0 spiro atoms. The molecule has 25 heavy (non-hydrogen) atoms. The number of benzene rings is 1. The van der Waals surface area contributed by atoms with Crippen molar-refractivity contribution in [2.24, 2.45) is 7.05 Å². The second-order valence-corrected chi connectivity index (χ2v) is 6.72. The molecule has 5 heteroatoms. The molecule has 1 N–H and O–H groups in total. The summed E-state index contributed by atoms with van der Waals surface area (Å²) in [6.45, 7) is 5.20. The van der Waals surface area contributed by atoms with Gasteiger partial charge in [-0.2, -0.15) is 5.10 Å². The van der Waals surface area contributed by atoms with Gasteiger partial charge in [0, 0.05) is 54.4 Å². The van der Waals surface area contributed by atoms with Gasteiger partial charge in [0.05, 0.1) is 6.20 Å².